The van der Waals surface area contributed by atoms with Gasteiger partial charge in [0.1, 0.15) is 22.3 Å². The van der Waals surface area contributed by atoms with Crippen molar-refractivity contribution < 1.29 is 8.83 Å². The minimum absolute atomic E-state index is 0.816. The highest BCUT2D eigenvalue weighted by molar-refractivity contribution is 6.11. The summed E-state index contributed by atoms with van der Waals surface area (Å²) in [6, 6.07) is 78.0. The minimum atomic E-state index is 0.816. The van der Waals surface area contributed by atoms with Crippen LogP contribution >= 0.6 is 0 Å². The average molecular weight is 883 g/mol. The summed E-state index contributed by atoms with van der Waals surface area (Å²) in [5, 5.41) is 7.02. The van der Waals surface area contributed by atoms with Crippen LogP contribution < -0.4 is 9.80 Å². The summed E-state index contributed by atoms with van der Waals surface area (Å²) in [6.07, 6.45) is 10.1. The second kappa shape index (κ2) is 15.8. The maximum atomic E-state index is 6.47. The SMILES string of the molecule is C1=Cc2c(N(c3ccccc3)c3ccc(-c4cccc5c4oc4ccccc45)cc3)ccc3ccc4c(c23)CC1=CC=C4N(c1ccccc1)c1ccc(-c2cccc3c2oc2ccccc23)cc1. The lowest BCUT2D eigenvalue weighted by Crippen LogP contribution is -2.16. The van der Waals surface area contributed by atoms with Crippen LogP contribution in [-0.4, -0.2) is 0 Å². The highest BCUT2D eigenvalue weighted by Crippen LogP contribution is 2.47. The van der Waals surface area contributed by atoms with Crippen LogP contribution in [0.4, 0.5) is 28.4 Å². The molecular formula is C65H42N2O2. The number of fused-ring (bicyclic) bond motifs is 7. The van der Waals surface area contributed by atoms with Crippen molar-refractivity contribution in [2.24, 2.45) is 0 Å². The molecule has 0 aliphatic heterocycles. The predicted molar refractivity (Wildman–Crippen MR) is 288 cm³/mol. The molecule has 0 saturated carbocycles. The molecule has 0 N–H and O–H groups in total. The van der Waals surface area contributed by atoms with Crippen molar-refractivity contribution in [2.45, 2.75) is 6.42 Å². The van der Waals surface area contributed by atoms with E-state index in [0.29, 0.717) is 0 Å². The van der Waals surface area contributed by atoms with E-state index in [2.05, 4.69) is 228 Å². The number of rotatable bonds is 8. The van der Waals surface area contributed by atoms with Crippen molar-refractivity contribution in [2.75, 3.05) is 9.80 Å². The highest BCUT2D eigenvalue weighted by Gasteiger charge is 2.27. The van der Waals surface area contributed by atoms with E-state index < -0.39 is 0 Å². The van der Waals surface area contributed by atoms with Crippen LogP contribution in [0.15, 0.2) is 251 Å². The Kier molecular flexibility index (Phi) is 8.93. The largest absolute Gasteiger partial charge is 0.455 e. The van der Waals surface area contributed by atoms with Crippen molar-refractivity contribution >= 4 is 94.9 Å². The summed E-state index contributed by atoms with van der Waals surface area (Å²) in [5.41, 5.74) is 19.6. The molecule has 0 fully saturated rings. The first kappa shape index (κ1) is 39.1. The van der Waals surface area contributed by atoms with Crippen LogP contribution in [0.1, 0.15) is 16.7 Å². The maximum Gasteiger partial charge on any atom is 0.143 e. The van der Waals surface area contributed by atoms with Crippen molar-refractivity contribution in [1.29, 1.82) is 0 Å². The third kappa shape index (κ3) is 6.37. The first-order valence-corrected chi connectivity index (χ1v) is 23.6. The molecule has 0 radical (unpaired) electrons. The fraction of sp³-hybridized carbons (Fsp3) is 0.0154. The van der Waals surface area contributed by atoms with Gasteiger partial charge in [-0.15, -0.1) is 0 Å². The topological polar surface area (TPSA) is 32.8 Å². The van der Waals surface area contributed by atoms with E-state index in [9.17, 15) is 0 Å². The number of allylic oxidation sites excluding steroid dienone is 4. The molecule has 12 aromatic rings. The van der Waals surface area contributed by atoms with E-state index in [0.717, 1.165) is 107 Å². The molecule has 0 amide bonds. The third-order valence-electron chi connectivity index (χ3n) is 14.1. The van der Waals surface area contributed by atoms with Gasteiger partial charge in [-0.1, -0.05) is 170 Å². The molecule has 0 spiro atoms. The van der Waals surface area contributed by atoms with Gasteiger partial charge in [-0.25, -0.2) is 0 Å². The highest BCUT2D eigenvalue weighted by atomic mass is 16.3. The van der Waals surface area contributed by atoms with Crippen LogP contribution in [0, 0.1) is 0 Å². The van der Waals surface area contributed by atoms with Gasteiger partial charge in [-0.3, -0.25) is 0 Å². The molecule has 2 heterocycles. The van der Waals surface area contributed by atoms with Gasteiger partial charge in [0.25, 0.3) is 0 Å². The Morgan fingerprint density at radius 3 is 1.48 bits per heavy atom. The van der Waals surface area contributed by atoms with E-state index in [1.54, 1.807) is 0 Å². The molecule has 4 heteroatoms. The van der Waals surface area contributed by atoms with Crippen molar-refractivity contribution in [3.05, 3.63) is 259 Å². The summed E-state index contributed by atoms with van der Waals surface area (Å²) in [5.74, 6) is 0. The molecule has 4 nitrogen and oxygen atoms in total. The molecule has 2 aromatic heterocycles. The molecule has 2 bridgehead atoms. The first-order chi connectivity index (χ1) is 34.2. The van der Waals surface area contributed by atoms with Crippen LogP contribution in [0.25, 0.3) is 88.7 Å². The zero-order chi connectivity index (χ0) is 45.4. The monoisotopic (exact) mass is 882 g/mol. The summed E-state index contributed by atoms with van der Waals surface area (Å²) >= 11 is 0. The Labute approximate surface area is 399 Å². The molecule has 2 aliphatic rings. The Balaban J connectivity index is 0.893. The lowest BCUT2D eigenvalue weighted by Gasteiger charge is -2.30. The zero-order valence-corrected chi connectivity index (χ0v) is 37.5. The minimum Gasteiger partial charge on any atom is -0.455 e. The van der Waals surface area contributed by atoms with Gasteiger partial charge >= 0.3 is 0 Å². The normalized spacial score (nSPS) is 13.0. The van der Waals surface area contributed by atoms with E-state index in [1.165, 1.54) is 33.0 Å². The molecule has 69 heavy (non-hydrogen) atoms. The van der Waals surface area contributed by atoms with E-state index >= 15 is 0 Å². The third-order valence-corrected chi connectivity index (χ3v) is 14.1. The number of anilines is 5. The molecule has 0 saturated heterocycles. The standard InChI is InChI=1S/C65H42N2O2/c1-3-13-46(14-4-1)66(48-33-27-43(28-34-48)50-19-11-21-55-53-17-7-9-23-61(53)68-64(50)55)59-39-26-42-25-37-57-60(40-32-45-31-38-52(59)58(41-42)63(45)57)67(47-15-5-2-6-16-47)49-35-29-44(30-36-49)51-20-12-22-56-54-18-8-10-24-62(54)69-65(51)56/h1-40H,41H2. The summed E-state index contributed by atoms with van der Waals surface area (Å²) in [4.78, 5) is 4.82. The lowest BCUT2D eigenvalue weighted by molar-refractivity contribution is 0.669. The van der Waals surface area contributed by atoms with Gasteiger partial charge in [0.05, 0.1) is 11.4 Å². The zero-order valence-electron chi connectivity index (χ0n) is 37.5. The average Bonchev–Trinajstić information content (AvgIpc) is 3.85. The fourth-order valence-corrected chi connectivity index (χ4v) is 10.9. The van der Waals surface area contributed by atoms with Crippen LogP contribution in [0.3, 0.4) is 0 Å². The van der Waals surface area contributed by atoms with Crippen LogP contribution in [0.5, 0.6) is 0 Å². The molecule has 324 valence electrons. The Bertz CT molecular complexity index is 4080. The fourth-order valence-electron chi connectivity index (χ4n) is 10.9. The molecule has 0 atom stereocenters. The van der Waals surface area contributed by atoms with Crippen molar-refractivity contribution in [3.63, 3.8) is 0 Å². The lowest BCUT2D eigenvalue weighted by atomic mass is 9.91. The van der Waals surface area contributed by atoms with Crippen LogP contribution in [-0.2, 0) is 6.42 Å². The Hall–Kier alpha value is -9.12. The summed E-state index contributed by atoms with van der Waals surface area (Å²) in [6.45, 7) is 0. The smallest absolute Gasteiger partial charge is 0.143 e. The summed E-state index contributed by atoms with van der Waals surface area (Å²) in [7, 11) is 0. The van der Waals surface area contributed by atoms with Gasteiger partial charge in [0, 0.05) is 66.5 Å². The van der Waals surface area contributed by atoms with E-state index in [4.69, 9.17) is 8.83 Å². The van der Waals surface area contributed by atoms with E-state index in [-0.39, 0.29) is 0 Å². The van der Waals surface area contributed by atoms with Gasteiger partial charge in [-0.05, 0) is 112 Å². The van der Waals surface area contributed by atoms with Crippen LogP contribution in [0.2, 0.25) is 0 Å². The van der Waals surface area contributed by atoms with Gasteiger partial charge < -0.3 is 18.6 Å². The number of para-hydroxylation sites is 6. The van der Waals surface area contributed by atoms with Crippen molar-refractivity contribution in [1.82, 2.24) is 0 Å². The number of nitrogens with zero attached hydrogens (tertiary/aromatic N) is 2. The Morgan fingerprint density at radius 2 is 0.870 bits per heavy atom. The summed E-state index contributed by atoms with van der Waals surface area (Å²) < 4.78 is 12.9. The number of benzene rings is 10. The number of hydrogen-bond donors (Lipinski definition) is 0. The van der Waals surface area contributed by atoms with Gasteiger partial charge in [-0.2, -0.15) is 0 Å². The van der Waals surface area contributed by atoms with Gasteiger partial charge in [0.15, 0.2) is 0 Å². The molecule has 10 aromatic carbocycles. The van der Waals surface area contributed by atoms with Gasteiger partial charge in [0.2, 0.25) is 0 Å². The molecular weight excluding hydrogens is 841 g/mol. The number of furan rings is 2. The first-order valence-electron chi connectivity index (χ1n) is 23.6. The Morgan fingerprint density at radius 1 is 0.362 bits per heavy atom. The van der Waals surface area contributed by atoms with Crippen molar-refractivity contribution in [3.8, 4) is 22.3 Å². The molecule has 0 unspecified atom stereocenters. The predicted octanol–water partition coefficient (Wildman–Crippen LogP) is 18.1. The maximum absolute atomic E-state index is 6.47. The second-order valence-electron chi connectivity index (χ2n) is 18.0. The molecule has 14 rings (SSSR count). The second-order valence-corrected chi connectivity index (χ2v) is 18.0. The molecule has 2 aliphatic carbocycles. The number of hydrogen-bond acceptors (Lipinski definition) is 4. The quantitative estimate of drug-likeness (QED) is 0.152. The van der Waals surface area contributed by atoms with E-state index in [1.807, 2.05) is 24.3 Å².